The minimum Gasteiger partial charge on any atom is -0.393 e. The molecule has 0 aromatic heterocycles. The van der Waals surface area contributed by atoms with E-state index in [1.807, 2.05) is 14.8 Å². The van der Waals surface area contributed by atoms with Gasteiger partial charge in [0.15, 0.2) is 0 Å². The van der Waals surface area contributed by atoms with E-state index in [0.717, 1.165) is 6.42 Å². The lowest BCUT2D eigenvalue weighted by molar-refractivity contribution is -0.0964. The van der Waals surface area contributed by atoms with E-state index < -0.39 is 30.6 Å². The van der Waals surface area contributed by atoms with Crippen molar-refractivity contribution in [2.75, 3.05) is 13.2 Å². The van der Waals surface area contributed by atoms with Gasteiger partial charge in [-0.05, 0) is 31.6 Å². The smallest absolute Gasteiger partial charge is 0.324 e. The molecule has 1 saturated carbocycles. The van der Waals surface area contributed by atoms with Gasteiger partial charge in [0.1, 0.15) is 25.7 Å². The van der Waals surface area contributed by atoms with E-state index in [-0.39, 0.29) is 31.2 Å². The van der Waals surface area contributed by atoms with Gasteiger partial charge in [0.2, 0.25) is 0 Å². The maximum absolute atomic E-state index is 10.4. The minimum absolute atomic E-state index is 0.0147. The highest BCUT2D eigenvalue weighted by molar-refractivity contribution is 8.07. The predicted molar refractivity (Wildman–Crippen MR) is 88.2 cm³/mol. The largest absolute Gasteiger partial charge is 0.393 e. The second-order valence-electron chi connectivity index (χ2n) is 6.83. The third-order valence-electron chi connectivity index (χ3n) is 5.16. The number of hydrogen-bond donors (Lipinski definition) is 3. The molecule has 2 heterocycles. The van der Waals surface area contributed by atoms with Gasteiger partial charge in [-0.25, -0.2) is 0 Å². The predicted octanol–water partition coefficient (Wildman–Crippen LogP) is -0.726. The van der Waals surface area contributed by atoms with Crippen molar-refractivity contribution in [1.29, 1.82) is 0 Å². The Hall–Kier alpha value is 0.435. The van der Waals surface area contributed by atoms with Crippen LogP contribution in [-0.2, 0) is 30.3 Å². The fraction of sp³-hybridized carbons (Fsp3) is 1.00. The summed E-state index contributed by atoms with van der Waals surface area (Å²) in [6, 6.07) is -0.0447. The van der Waals surface area contributed by atoms with E-state index in [9.17, 15) is 15.1 Å². The molecule has 0 amide bonds. The molecular weight excluding hydrogens is 342 g/mol. The van der Waals surface area contributed by atoms with Gasteiger partial charge in [0.05, 0.1) is 25.4 Å². The van der Waals surface area contributed by atoms with Gasteiger partial charge >= 0.3 is 6.72 Å². The quantitative estimate of drug-likeness (QED) is 0.419. The summed E-state index contributed by atoms with van der Waals surface area (Å²) in [5, 5.41) is 19.5. The minimum atomic E-state index is -3.51. The second kappa shape index (κ2) is 6.63. The Morgan fingerprint density at radius 3 is 2.78 bits per heavy atom. The summed E-state index contributed by atoms with van der Waals surface area (Å²) in [5.74, 6) is 0.0913. The lowest BCUT2D eigenvalue weighted by atomic mass is 9.86. The van der Waals surface area contributed by atoms with E-state index in [0.29, 0.717) is 12.8 Å². The summed E-state index contributed by atoms with van der Waals surface area (Å²) in [6.45, 7) is -1.82. The van der Waals surface area contributed by atoms with Crippen LogP contribution in [0.5, 0.6) is 0 Å². The zero-order chi connectivity index (χ0) is 16.8. The summed E-state index contributed by atoms with van der Waals surface area (Å²) in [5.41, 5.74) is -0.794. The van der Waals surface area contributed by atoms with Gasteiger partial charge in [-0.3, -0.25) is 0 Å². The zero-order valence-corrected chi connectivity index (χ0v) is 15.0. The Kier molecular flexibility index (Phi) is 5.25. The first-order chi connectivity index (χ1) is 10.8. The van der Waals surface area contributed by atoms with Crippen LogP contribution in [0.3, 0.4) is 0 Å². The van der Waals surface area contributed by atoms with Crippen LogP contribution in [0.1, 0.15) is 26.2 Å². The van der Waals surface area contributed by atoms with E-state index in [2.05, 4.69) is 0 Å². The molecule has 2 aliphatic heterocycles. The average molecular weight is 366 g/mol. The molecule has 0 radical (unpaired) electrons. The van der Waals surface area contributed by atoms with Crippen LogP contribution in [0.15, 0.2) is 0 Å². The first kappa shape index (κ1) is 18.2. The van der Waals surface area contributed by atoms with E-state index in [1.54, 1.807) is 0 Å². The number of hydrogen-bond acceptors (Lipinski definition) is 7. The third-order valence-corrected chi connectivity index (χ3v) is 6.70. The highest BCUT2D eigenvalue weighted by Crippen LogP contribution is 2.56. The van der Waals surface area contributed by atoms with Crippen molar-refractivity contribution in [2.24, 2.45) is 5.92 Å². The SMILES string of the molecule is B[C@@H]1O[C@]2(CO)CC[C@H]1C2O[P@@](O)(=S)OC[C@H]1O[C@@H](C)CC1O. The number of aliphatic hydroxyl groups is 2. The molecule has 0 aromatic rings. The van der Waals surface area contributed by atoms with Gasteiger partial charge < -0.3 is 33.6 Å². The van der Waals surface area contributed by atoms with Crippen LogP contribution in [0, 0.1) is 5.92 Å². The molecule has 0 aromatic carbocycles. The van der Waals surface area contributed by atoms with Crippen molar-refractivity contribution in [3.8, 4) is 0 Å². The Morgan fingerprint density at radius 1 is 1.48 bits per heavy atom. The molecule has 3 aliphatic rings. The van der Waals surface area contributed by atoms with Crippen molar-refractivity contribution < 1.29 is 33.6 Å². The van der Waals surface area contributed by atoms with Gasteiger partial charge in [-0.15, -0.1) is 0 Å². The molecule has 132 valence electrons. The van der Waals surface area contributed by atoms with Crippen LogP contribution in [0.2, 0.25) is 0 Å². The maximum Gasteiger partial charge on any atom is 0.324 e. The molecule has 2 bridgehead atoms. The summed E-state index contributed by atoms with van der Waals surface area (Å²) in [6.07, 6.45) is 0.428. The molecule has 3 fully saturated rings. The topological polar surface area (TPSA) is 97.6 Å². The number of aliphatic hydroxyl groups excluding tert-OH is 2. The van der Waals surface area contributed by atoms with Crippen molar-refractivity contribution in [2.45, 2.75) is 62.2 Å². The molecule has 23 heavy (non-hydrogen) atoms. The van der Waals surface area contributed by atoms with Gasteiger partial charge in [0, 0.05) is 18.3 Å². The highest BCUT2D eigenvalue weighted by atomic mass is 32.5. The van der Waals surface area contributed by atoms with E-state index in [1.165, 1.54) is 0 Å². The molecule has 3 N–H and O–H groups in total. The molecule has 2 saturated heterocycles. The summed E-state index contributed by atoms with van der Waals surface area (Å²) in [4.78, 5) is 10.4. The van der Waals surface area contributed by atoms with Crippen molar-refractivity contribution in [3.63, 3.8) is 0 Å². The number of rotatable bonds is 6. The van der Waals surface area contributed by atoms with Crippen molar-refractivity contribution in [3.05, 3.63) is 0 Å². The van der Waals surface area contributed by atoms with Gasteiger partial charge in [-0.1, -0.05) is 0 Å². The molecule has 7 nitrogen and oxygen atoms in total. The van der Waals surface area contributed by atoms with E-state index >= 15 is 0 Å². The van der Waals surface area contributed by atoms with Crippen molar-refractivity contribution >= 4 is 26.4 Å². The third kappa shape index (κ3) is 3.54. The fourth-order valence-corrected chi connectivity index (χ4v) is 5.46. The number of fused-ring (bicyclic) bond motifs is 2. The fourth-order valence-electron chi connectivity index (χ4n) is 3.97. The molecule has 2 unspecified atom stereocenters. The van der Waals surface area contributed by atoms with Crippen molar-refractivity contribution in [1.82, 2.24) is 0 Å². The first-order valence-corrected chi connectivity index (χ1v) is 10.6. The first-order valence-electron chi connectivity index (χ1n) is 8.04. The Bertz CT molecular complexity index is 497. The summed E-state index contributed by atoms with van der Waals surface area (Å²) >= 11 is 5.10. The second-order valence-corrected chi connectivity index (χ2v) is 9.62. The molecule has 0 spiro atoms. The molecule has 3 rings (SSSR count). The molecular formula is C13H24BO7PS. The van der Waals surface area contributed by atoms with Gasteiger partial charge in [-0.2, -0.15) is 0 Å². The average Bonchev–Trinajstić information content (AvgIpc) is 3.06. The molecule has 10 heteroatoms. The highest BCUT2D eigenvalue weighted by Gasteiger charge is 2.60. The van der Waals surface area contributed by atoms with E-state index in [4.69, 9.17) is 30.3 Å². The van der Waals surface area contributed by atoms with Crippen LogP contribution >= 0.6 is 6.72 Å². The zero-order valence-electron chi connectivity index (χ0n) is 13.3. The monoisotopic (exact) mass is 366 g/mol. The lowest BCUT2D eigenvalue weighted by Crippen LogP contribution is -2.42. The lowest BCUT2D eigenvalue weighted by Gasteiger charge is -2.31. The van der Waals surface area contributed by atoms with Gasteiger partial charge in [0.25, 0.3) is 0 Å². The maximum atomic E-state index is 10.4. The Labute approximate surface area is 141 Å². The molecule has 8 atom stereocenters. The normalized spacial score (nSPS) is 48.7. The summed E-state index contributed by atoms with van der Waals surface area (Å²) in [7, 11) is 1.93. The van der Waals surface area contributed by atoms with Crippen LogP contribution in [-0.4, -0.2) is 72.2 Å². The standard InChI is InChI=1S/C13H24BO7PS/c1-7-4-9(16)10(19-7)5-18-22(17,23)21-11-8-2-3-13(11,6-15)20-12(8)14/h7-12,15-16H,2-6,14H2,1H3,(H,17,23)/t7-,8-,9?,10+,11?,12+,13-,22-/m0/s1. The van der Waals surface area contributed by atoms with Crippen LogP contribution in [0.4, 0.5) is 0 Å². The number of ether oxygens (including phenoxy) is 2. The summed E-state index contributed by atoms with van der Waals surface area (Å²) < 4.78 is 22.4. The molecule has 1 aliphatic carbocycles. The van der Waals surface area contributed by atoms with Crippen LogP contribution < -0.4 is 0 Å². The Balaban J connectivity index is 1.59. The Morgan fingerprint density at radius 2 is 2.22 bits per heavy atom. The van der Waals surface area contributed by atoms with Crippen LogP contribution in [0.25, 0.3) is 0 Å².